The Bertz CT molecular complexity index is 111. The highest BCUT2D eigenvalue weighted by atomic mass is 79.9. The van der Waals surface area contributed by atoms with Crippen LogP contribution in [0.3, 0.4) is 0 Å². The molecule has 1 rings (SSSR count). The summed E-state index contributed by atoms with van der Waals surface area (Å²) >= 11 is 3.37. The normalized spacial score (nSPS) is 17.6. The first-order valence-electron chi connectivity index (χ1n) is 2.34. The Labute approximate surface area is 52.0 Å². The van der Waals surface area contributed by atoms with Crippen LogP contribution in [0.4, 0.5) is 0 Å². The van der Waals surface area contributed by atoms with Crippen LogP contribution in [0.5, 0.6) is 0 Å². The van der Waals surface area contributed by atoms with E-state index in [9.17, 15) is 0 Å². The van der Waals surface area contributed by atoms with Crippen LogP contribution in [0.1, 0.15) is 6.42 Å². The second kappa shape index (κ2) is 2.31. The number of hydrogen-bond donors (Lipinski definition) is 0. The van der Waals surface area contributed by atoms with Gasteiger partial charge in [0, 0.05) is 5.33 Å². The highest BCUT2D eigenvalue weighted by Crippen LogP contribution is 2.11. The molecule has 0 aromatic heterocycles. The summed E-state index contributed by atoms with van der Waals surface area (Å²) in [6.45, 7) is 0. The summed E-state index contributed by atoms with van der Waals surface area (Å²) < 4.78 is 0. The van der Waals surface area contributed by atoms with Crippen LogP contribution in [0.25, 0.3) is 0 Å². The molecule has 0 bridgehead atoms. The van der Waals surface area contributed by atoms with Crippen molar-refractivity contribution in [2.24, 2.45) is 0 Å². The third kappa shape index (κ3) is 1.16. The molecule has 0 aliphatic heterocycles. The minimum absolute atomic E-state index is 1.03. The highest BCUT2D eigenvalue weighted by molar-refractivity contribution is 9.09. The Hall–Kier alpha value is -0.0400. The summed E-state index contributed by atoms with van der Waals surface area (Å²) in [4.78, 5) is 0. The predicted octanol–water partition coefficient (Wildman–Crippen LogP) is 2.27. The Morgan fingerprint density at radius 2 is 2.57 bits per heavy atom. The van der Waals surface area contributed by atoms with E-state index in [1.807, 2.05) is 0 Å². The average Bonchev–Trinajstić information content (AvgIpc) is 2.14. The van der Waals surface area contributed by atoms with E-state index in [1.165, 1.54) is 5.57 Å². The van der Waals surface area contributed by atoms with Gasteiger partial charge >= 0.3 is 0 Å². The van der Waals surface area contributed by atoms with Gasteiger partial charge in [-0.05, 0) is 6.42 Å². The molecule has 0 saturated carbocycles. The Morgan fingerprint density at radius 3 is 2.86 bits per heavy atom. The van der Waals surface area contributed by atoms with E-state index >= 15 is 0 Å². The molecule has 0 heterocycles. The fraction of sp³-hybridized carbons (Fsp3) is 0.333. The minimum atomic E-state index is 1.03. The predicted molar refractivity (Wildman–Crippen MR) is 35.6 cm³/mol. The summed E-state index contributed by atoms with van der Waals surface area (Å²) in [5.41, 5.74) is 1.47. The van der Waals surface area contributed by atoms with E-state index in [2.05, 4.69) is 34.2 Å². The molecule has 0 aromatic carbocycles. The van der Waals surface area contributed by atoms with E-state index in [4.69, 9.17) is 0 Å². The lowest BCUT2D eigenvalue weighted by molar-refractivity contribution is 1.27. The maximum Gasteiger partial charge on any atom is 0.0248 e. The monoisotopic (exact) mass is 158 g/mol. The Balaban J connectivity index is 2.45. The molecule has 0 radical (unpaired) electrons. The fourth-order valence-corrected chi connectivity index (χ4v) is 1.01. The molecule has 0 aromatic rings. The summed E-state index contributed by atoms with van der Waals surface area (Å²) in [5, 5.41) is 1.03. The third-order valence-corrected chi connectivity index (χ3v) is 1.74. The quantitative estimate of drug-likeness (QED) is 0.514. The molecule has 0 N–H and O–H groups in total. The van der Waals surface area contributed by atoms with Crippen molar-refractivity contribution in [3.8, 4) is 0 Å². The van der Waals surface area contributed by atoms with Gasteiger partial charge in [0.25, 0.3) is 0 Å². The van der Waals surface area contributed by atoms with E-state index in [1.54, 1.807) is 0 Å². The van der Waals surface area contributed by atoms with Crippen molar-refractivity contribution < 1.29 is 0 Å². The minimum Gasteiger partial charge on any atom is -0.0880 e. The lowest BCUT2D eigenvalue weighted by Gasteiger charge is -1.87. The van der Waals surface area contributed by atoms with Crippen LogP contribution in [0.15, 0.2) is 23.8 Å². The number of alkyl halides is 1. The third-order valence-electron chi connectivity index (χ3n) is 1.02. The van der Waals surface area contributed by atoms with Crippen LogP contribution in [0, 0.1) is 0 Å². The molecule has 0 unspecified atom stereocenters. The van der Waals surface area contributed by atoms with Gasteiger partial charge in [-0.3, -0.25) is 0 Å². The summed E-state index contributed by atoms with van der Waals surface area (Å²) in [6.07, 6.45) is 7.55. The topological polar surface area (TPSA) is 0 Å². The van der Waals surface area contributed by atoms with Crippen molar-refractivity contribution in [1.29, 1.82) is 0 Å². The molecular formula is C6H7Br. The molecule has 0 saturated heterocycles. The molecular weight excluding hydrogens is 152 g/mol. The number of hydrogen-bond acceptors (Lipinski definition) is 0. The van der Waals surface area contributed by atoms with Crippen LogP contribution in [0.2, 0.25) is 0 Å². The van der Waals surface area contributed by atoms with Crippen molar-refractivity contribution in [3.05, 3.63) is 23.8 Å². The maximum absolute atomic E-state index is 3.37. The first-order chi connectivity index (χ1) is 3.43. The first-order valence-corrected chi connectivity index (χ1v) is 3.46. The zero-order chi connectivity index (χ0) is 5.11. The van der Waals surface area contributed by atoms with Gasteiger partial charge in [0.05, 0.1) is 0 Å². The van der Waals surface area contributed by atoms with Crippen LogP contribution < -0.4 is 0 Å². The molecule has 0 spiro atoms. The van der Waals surface area contributed by atoms with Crippen molar-refractivity contribution in [2.75, 3.05) is 5.33 Å². The number of rotatable bonds is 1. The first kappa shape index (κ1) is 5.10. The molecule has 7 heavy (non-hydrogen) atoms. The van der Waals surface area contributed by atoms with Gasteiger partial charge in [0.2, 0.25) is 0 Å². The van der Waals surface area contributed by atoms with Gasteiger partial charge in [-0.25, -0.2) is 0 Å². The second-order valence-electron chi connectivity index (χ2n) is 1.59. The van der Waals surface area contributed by atoms with E-state index < -0.39 is 0 Å². The van der Waals surface area contributed by atoms with Crippen LogP contribution >= 0.6 is 15.9 Å². The summed E-state index contributed by atoms with van der Waals surface area (Å²) in [5.74, 6) is 0. The second-order valence-corrected chi connectivity index (χ2v) is 2.15. The highest BCUT2D eigenvalue weighted by Gasteiger charge is 1.93. The zero-order valence-corrected chi connectivity index (χ0v) is 5.61. The molecule has 0 fully saturated rings. The van der Waals surface area contributed by atoms with Gasteiger partial charge < -0.3 is 0 Å². The van der Waals surface area contributed by atoms with E-state index in [0.29, 0.717) is 0 Å². The van der Waals surface area contributed by atoms with Crippen molar-refractivity contribution >= 4 is 15.9 Å². The molecule has 1 heteroatoms. The number of allylic oxidation sites excluding steroid dienone is 4. The summed E-state index contributed by atoms with van der Waals surface area (Å²) in [7, 11) is 0. The molecule has 0 amide bonds. The molecule has 38 valence electrons. The molecule has 1 aliphatic rings. The van der Waals surface area contributed by atoms with Crippen molar-refractivity contribution in [2.45, 2.75) is 6.42 Å². The van der Waals surface area contributed by atoms with Gasteiger partial charge in [0.15, 0.2) is 0 Å². The molecule has 0 atom stereocenters. The Morgan fingerprint density at radius 1 is 1.71 bits per heavy atom. The largest absolute Gasteiger partial charge is 0.0880 e. The number of halogens is 1. The average molecular weight is 159 g/mol. The van der Waals surface area contributed by atoms with E-state index in [-0.39, 0.29) is 0 Å². The Kier molecular flexibility index (Phi) is 1.69. The maximum atomic E-state index is 3.37. The fourth-order valence-electron chi connectivity index (χ4n) is 0.591. The lowest BCUT2D eigenvalue weighted by Crippen LogP contribution is -1.73. The van der Waals surface area contributed by atoms with Crippen LogP contribution in [-0.2, 0) is 0 Å². The molecule has 0 nitrogen and oxygen atoms in total. The van der Waals surface area contributed by atoms with Crippen molar-refractivity contribution in [3.63, 3.8) is 0 Å². The summed E-state index contributed by atoms with van der Waals surface area (Å²) in [6, 6.07) is 0. The van der Waals surface area contributed by atoms with Gasteiger partial charge in [-0.2, -0.15) is 0 Å². The van der Waals surface area contributed by atoms with Gasteiger partial charge in [0.1, 0.15) is 0 Å². The zero-order valence-electron chi connectivity index (χ0n) is 4.02. The van der Waals surface area contributed by atoms with Crippen LogP contribution in [-0.4, -0.2) is 5.33 Å². The van der Waals surface area contributed by atoms with E-state index in [0.717, 1.165) is 11.8 Å². The lowest BCUT2D eigenvalue weighted by atomic mass is 10.3. The van der Waals surface area contributed by atoms with Gasteiger partial charge in [-0.1, -0.05) is 39.7 Å². The SMILES string of the molecule is BrCC1=CC=CC1. The molecule has 1 aliphatic carbocycles. The smallest absolute Gasteiger partial charge is 0.0248 e. The van der Waals surface area contributed by atoms with Crippen molar-refractivity contribution in [1.82, 2.24) is 0 Å². The standard InChI is InChI=1S/C6H7Br/c7-5-6-3-1-2-4-6/h1-3H,4-5H2. The van der Waals surface area contributed by atoms with Gasteiger partial charge in [-0.15, -0.1) is 0 Å².